The van der Waals surface area contributed by atoms with Gasteiger partial charge in [-0.1, -0.05) is 41.5 Å². The van der Waals surface area contributed by atoms with Crippen molar-refractivity contribution in [3.8, 4) is 0 Å². The van der Waals surface area contributed by atoms with Crippen molar-refractivity contribution in [1.29, 1.82) is 0 Å². The molecule has 8 N–H and O–H groups in total. The summed E-state index contributed by atoms with van der Waals surface area (Å²) >= 11 is 0. The number of nitrogens with one attached hydrogen (secondary N) is 7. The van der Waals surface area contributed by atoms with E-state index in [0.29, 0.717) is 0 Å². The van der Waals surface area contributed by atoms with Crippen LogP contribution in [0.25, 0.3) is 0 Å². The highest BCUT2D eigenvalue weighted by Gasteiger charge is 2.33. The first-order chi connectivity index (χ1) is 19.0. The lowest BCUT2D eigenvalue weighted by Gasteiger charge is -2.29. The van der Waals surface area contributed by atoms with Gasteiger partial charge in [0, 0.05) is 6.92 Å². The second-order valence-electron chi connectivity index (χ2n) is 10.3. The van der Waals surface area contributed by atoms with Gasteiger partial charge in [-0.2, -0.15) is 0 Å². The summed E-state index contributed by atoms with van der Waals surface area (Å²) in [7, 11) is 0. The molecule has 41 heavy (non-hydrogen) atoms. The molecule has 0 heterocycles. The summed E-state index contributed by atoms with van der Waals surface area (Å²) in [5.41, 5.74) is 0. The van der Waals surface area contributed by atoms with Crippen molar-refractivity contribution < 1.29 is 43.5 Å². The molecule has 0 radical (unpaired) electrons. The molecule has 232 valence electrons. The van der Waals surface area contributed by atoms with Gasteiger partial charge in [0.1, 0.15) is 24.7 Å². The third kappa shape index (κ3) is 15.2. The zero-order valence-corrected chi connectivity index (χ0v) is 24.5. The summed E-state index contributed by atoms with van der Waals surface area (Å²) in [6, 6.07) is -2.93. The second kappa shape index (κ2) is 18.2. The maximum absolute atomic E-state index is 13.1. The smallest absolute Gasteiger partial charge is 0.322 e. The van der Waals surface area contributed by atoms with Gasteiger partial charge in [0.05, 0.1) is 19.6 Å². The van der Waals surface area contributed by atoms with Crippen LogP contribution in [0.5, 0.6) is 0 Å². The Morgan fingerprint density at radius 1 is 0.488 bits per heavy atom. The van der Waals surface area contributed by atoms with Crippen LogP contribution >= 0.6 is 0 Å². The van der Waals surface area contributed by atoms with Gasteiger partial charge >= 0.3 is 5.97 Å². The summed E-state index contributed by atoms with van der Waals surface area (Å²) in [4.78, 5) is 95.8. The Labute approximate surface area is 238 Å². The van der Waals surface area contributed by atoms with Crippen molar-refractivity contribution in [3.05, 3.63) is 0 Å². The molecule has 0 saturated carbocycles. The van der Waals surface area contributed by atoms with Crippen LogP contribution in [-0.2, 0) is 38.4 Å². The fraction of sp³-hybridized carbons (Fsp3) is 0.680. The number of carboxylic acid groups (broad SMARTS) is 1. The number of hydrogen-bond acceptors (Lipinski definition) is 8. The Balaban J connectivity index is 4.97. The molecule has 16 heteroatoms. The van der Waals surface area contributed by atoms with Gasteiger partial charge in [-0.3, -0.25) is 38.4 Å². The average molecular weight is 586 g/mol. The van der Waals surface area contributed by atoms with Gasteiger partial charge < -0.3 is 42.3 Å². The third-order valence-corrected chi connectivity index (χ3v) is 5.55. The summed E-state index contributed by atoms with van der Waals surface area (Å²) in [6.07, 6.45) is 0. The van der Waals surface area contributed by atoms with Crippen molar-refractivity contribution >= 4 is 47.3 Å². The molecule has 0 aliphatic rings. The predicted molar refractivity (Wildman–Crippen MR) is 146 cm³/mol. The molecule has 0 rings (SSSR count). The van der Waals surface area contributed by atoms with Crippen LogP contribution in [0.2, 0.25) is 0 Å². The summed E-state index contributed by atoms with van der Waals surface area (Å²) in [6.45, 7) is 9.44. The first kappa shape index (κ1) is 36.8. The minimum atomic E-state index is -1.25. The molecular formula is C25H43N7O9. The monoisotopic (exact) mass is 585 g/mol. The van der Waals surface area contributed by atoms with Gasteiger partial charge in [0.15, 0.2) is 0 Å². The van der Waals surface area contributed by atoms with Crippen LogP contribution < -0.4 is 37.2 Å². The molecule has 3 atom stereocenters. The molecule has 0 spiro atoms. The zero-order chi connectivity index (χ0) is 31.9. The summed E-state index contributed by atoms with van der Waals surface area (Å²) < 4.78 is 0. The van der Waals surface area contributed by atoms with Crippen LogP contribution in [0.15, 0.2) is 0 Å². The van der Waals surface area contributed by atoms with Crippen molar-refractivity contribution in [2.24, 2.45) is 17.8 Å². The molecule has 0 fully saturated rings. The molecule has 0 aromatic rings. The Kier molecular flexibility index (Phi) is 16.3. The van der Waals surface area contributed by atoms with Gasteiger partial charge in [-0.15, -0.1) is 0 Å². The molecule has 0 aliphatic heterocycles. The average Bonchev–Trinajstić information content (AvgIpc) is 2.87. The lowest BCUT2D eigenvalue weighted by atomic mass is 9.98. The SMILES string of the molecule is CC(=O)N[C@H](C(=O)N[C@H](C(=O)N[C@H](C(=O)NCC(=O)NCC(=O)NCC(=O)NCC(=O)O)C(C)C)C(C)C)C(C)C. The van der Waals surface area contributed by atoms with Crippen LogP contribution in [0.1, 0.15) is 48.5 Å². The van der Waals surface area contributed by atoms with Crippen LogP contribution in [0.4, 0.5) is 0 Å². The number of amides is 7. The lowest BCUT2D eigenvalue weighted by Crippen LogP contribution is -2.60. The van der Waals surface area contributed by atoms with Crippen molar-refractivity contribution in [3.63, 3.8) is 0 Å². The quantitative estimate of drug-likeness (QED) is 0.0865. The van der Waals surface area contributed by atoms with Crippen LogP contribution in [0, 0.1) is 17.8 Å². The van der Waals surface area contributed by atoms with E-state index in [2.05, 4.69) is 37.2 Å². The molecule has 0 saturated heterocycles. The number of hydrogen-bond donors (Lipinski definition) is 8. The van der Waals surface area contributed by atoms with E-state index in [0.717, 1.165) is 0 Å². The second-order valence-corrected chi connectivity index (χ2v) is 10.3. The van der Waals surface area contributed by atoms with Gasteiger partial charge in [-0.25, -0.2) is 0 Å². The topological polar surface area (TPSA) is 241 Å². The molecule has 16 nitrogen and oxygen atoms in total. The van der Waals surface area contributed by atoms with E-state index in [1.165, 1.54) is 6.92 Å². The number of carbonyl (C=O) groups excluding carboxylic acids is 7. The molecule has 0 aliphatic carbocycles. The fourth-order valence-corrected chi connectivity index (χ4v) is 3.31. The standard InChI is InChI=1S/C25H43N7O9/c1-12(2)20(31-25(41)22(14(5)6)32-24(40)21(13(3)4)30-15(7)33)23(39)29-10-18(36)27-8-16(34)26-9-17(35)28-11-19(37)38/h12-14,20-22H,8-11H2,1-7H3,(H,26,34)(H,27,36)(H,28,35)(H,29,39)(H,30,33)(H,31,41)(H,32,40)(H,37,38)/t20-,21-,22-/m0/s1. The molecule has 0 aromatic carbocycles. The molecule has 0 aromatic heterocycles. The number of carbonyl (C=O) groups is 8. The van der Waals surface area contributed by atoms with E-state index in [1.807, 2.05) is 0 Å². The van der Waals surface area contributed by atoms with Crippen LogP contribution in [-0.4, -0.2) is 96.7 Å². The van der Waals surface area contributed by atoms with Crippen molar-refractivity contribution in [1.82, 2.24) is 37.2 Å². The highest BCUT2D eigenvalue weighted by Crippen LogP contribution is 2.09. The fourth-order valence-electron chi connectivity index (χ4n) is 3.31. The van der Waals surface area contributed by atoms with E-state index < -0.39 is 97.5 Å². The van der Waals surface area contributed by atoms with Crippen molar-refractivity contribution in [2.75, 3.05) is 26.2 Å². The van der Waals surface area contributed by atoms with E-state index in [4.69, 9.17) is 5.11 Å². The minimum absolute atomic E-state index is 0.246. The lowest BCUT2D eigenvalue weighted by molar-refractivity contribution is -0.137. The first-order valence-electron chi connectivity index (χ1n) is 13.1. The maximum Gasteiger partial charge on any atom is 0.322 e. The molecule has 0 unspecified atom stereocenters. The highest BCUT2D eigenvalue weighted by atomic mass is 16.4. The normalized spacial score (nSPS) is 12.9. The Morgan fingerprint density at radius 3 is 1.15 bits per heavy atom. The van der Waals surface area contributed by atoms with E-state index in [9.17, 15) is 38.4 Å². The van der Waals surface area contributed by atoms with Gasteiger partial charge in [0.25, 0.3) is 0 Å². The van der Waals surface area contributed by atoms with E-state index >= 15 is 0 Å². The van der Waals surface area contributed by atoms with E-state index in [-0.39, 0.29) is 11.8 Å². The number of rotatable bonds is 17. The summed E-state index contributed by atoms with van der Waals surface area (Å²) in [5.74, 6) is -6.66. The minimum Gasteiger partial charge on any atom is -0.480 e. The van der Waals surface area contributed by atoms with Gasteiger partial charge in [0.2, 0.25) is 41.4 Å². The Bertz CT molecular complexity index is 982. The summed E-state index contributed by atoms with van der Waals surface area (Å²) in [5, 5.41) is 25.2. The van der Waals surface area contributed by atoms with Crippen molar-refractivity contribution in [2.45, 2.75) is 66.6 Å². The molecular weight excluding hydrogens is 542 g/mol. The first-order valence-corrected chi connectivity index (χ1v) is 13.1. The van der Waals surface area contributed by atoms with Crippen LogP contribution in [0.3, 0.4) is 0 Å². The third-order valence-electron chi connectivity index (χ3n) is 5.55. The molecule has 0 bridgehead atoms. The predicted octanol–water partition coefficient (Wildman–Crippen LogP) is -3.02. The highest BCUT2D eigenvalue weighted by molar-refractivity contribution is 5.95. The largest absolute Gasteiger partial charge is 0.480 e. The Hall–Kier alpha value is -4.24. The molecule has 7 amide bonds. The maximum atomic E-state index is 13.1. The van der Waals surface area contributed by atoms with E-state index in [1.54, 1.807) is 41.5 Å². The van der Waals surface area contributed by atoms with Gasteiger partial charge in [-0.05, 0) is 17.8 Å². The zero-order valence-electron chi connectivity index (χ0n) is 24.5. The Morgan fingerprint density at radius 2 is 0.805 bits per heavy atom. The number of carboxylic acids is 1. The number of aliphatic carboxylic acids is 1.